The molecule has 1 aliphatic carbocycles. The summed E-state index contributed by atoms with van der Waals surface area (Å²) in [7, 11) is 0. The summed E-state index contributed by atoms with van der Waals surface area (Å²) in [6, 6.07) is 10.0. The summed E-state index contributed by atoms with van der Waals surface area (Å²) in [5.74, 6) is 0.974. The van der Waals surface area contributed by atoms with Gasteiger partial charge < -0.3 is 10.2 Å². The fraction of sp³-hybridized carbons (Fsp3) is 0.684. The standard InChI is InChI=1S/C19H31N3/c1-3-21(4-2)18-9-7-17(8-10-18)19(15-16-5-6-16)22-13-11-20-12-14-22/h7-10,16,19-20H,3-6,11-15H2,1-2H3/t19-/m0/s1. The minimum Gasteiger partial charge on any atom is -0.372 e. The third-order valence-electron chi connectivity index (χ3n) is 5.25. The molecule has 1 aliphatic heterocycles. The molecule has 0 spiro atoms. The Bertz CT molecular complexity index is 442. The molecule has 0 aromatic heterocycles. The number of nitrogens with one attached hydrogen (secondary N) is 1. The maximum atomic E-state index is 3.48. The first-order valence-electron chi connectivity index (χ1n) is 9.11. The Balaban J connectivity index is 1.74. The van der Waals surface area contributed by atoms with Crippen molar-refractivity contribution in [3.8, 4) is 0 Å². The zero-order valence-electron chi connectivity index (χ0n) is 14.2. The van der Waals surface area contributed by atoms with Crippen LogP contribution in [0.4, 0.5) is 5.69 Å². The van der Waals surface area contributed by atoms with E-state index in [9.17, 15) is 0 Å². The molecule has 1 saturated carbocycles. The Morgan fingerprint density at radius 2 is 1.73 bits per heavy atom. The first-order chi connectivity index (χ1) is 10.8. The number of nitrogens with zero attached hydrogens (tertiary/aromatic N) is 2. The third-order valence-corrected chi connectivity index (χ3v) is 5.25. The van der Waals surface area contributed by atoms with Crippen LogP contribution < -0.4 is 10.2 Å². The van der Waals surface area contributed by atoms with Gasteiger partial charge in [0.1, 0.15) is 0 Å². The van der Waals surface area contributed by atoms with Crippen molar-refractivity contribution in [3.63, 3.8) is 0 Å². The predicted molar refractivity (Wildman–Crippen MR) is 94.5 cm³/mol. The van der Waals surface area contributed by atoms with Gasteiger partial charge in [0.05, 0.1) is 0 Å². The highest BCUT2D eigenvalue weighted by atomic mass is 15.2. The second kappa shape index (κ2) is 7.47. The lowest BCUT2D eigenvalue weighted by atomic mass is 9.98. The quantitative estimate of drug-likeness (QED) is 0.834. The van der Waals surface area contributed by atoms with Crippen molar-refractivity contribution in [2.45, 2.75) is 39.2 Å². The summed E-state index contributed by atoms with van der Waals surface area (Å²) in [6.45, 7) is 11.3. The monoisotopic (exact) mass is 301 g/mol. The number of piperazine rings is 1. The molecule has 2 fully saturated rings. The van der Waals surface area contributed by atoms with Crippen LogP contribution in [0.15, 0.2) is 24.3 Å². The molecule has 2 aliphatic rings. The fourth-order valence-electron chi connectivity index (χ4n) is 3.66. The minimum atomic E-state index is 0.625. The number of hydrogen-bond acceptors (Lipinski definition) is 3. The van der Waals surface area contributed by atoms with Crippen molar-refractivity contribution in [3.05, 3.63) is 29.8 Å². The fourth-order valence-corrected chi connectivity index (χ4v) is 3.66. The molecular formula is C19H31N3. The second-order valence-corrected chi connectivity index (χ2v) is 6.74. The highest BCUT2D eigenvalue weighted by Crippen LogP contribution is 2.40. The molecule has 1 saturated heterocycles. The topological polar surface area (TPSA) is 18.5 Å². The Kier molecular flexibility index (Phi) is 5.37. The van der Waals surface area contributed by atoms with Gasteiger partial charge in [-0.05, 0) is 43.9 Å². The van der Waals surface area contributed by atoms with Crippen molar-refractivity contribution in [2.75, 3.05) is 44.2 Å². The van der Waals surface area contributed by atoms with Crippen LogP contribution in [-0.4, -0.2) is 44.2 Å². The van der Waals surface area contributed by atoms with Crippen LogP contribution in [-0.2, 0) is 0 Å². The van der Waals surface area contributed by atoms with Crippen LogP contribution in [0.3, 0.4) is 0 Å². The normalized spacial score (nSPS) is 20.8. The number of hydrogen-bond donors (Lipinski definition) is 1. The zero-order chi connectivity index (χ0) is 15.4. The van der Waals surface area contributed by atoms with Gasteiger partial charge in [-0.1, -0.05) is 25.0 Å². The van der Waals surface area contributed by atoms with Gasteiger partial charge in [0.2, 0.25) is 0 Å². The largest absolute Gasteiger partial charge is 0.372 e. The Morgan fingerprint density at radius 1 is 1.09 bits per heavy atom. The van der Waals surface area contributed by atoms with Crippen LogP contribution in [0.25, 0.3) is 0 Å². The van der Waals surface area contributed by atoms with Gasteiger partial charge in [-0.3, -0.25) is 4.90 Å². The third kappa shape index (κ3) is 3.82. The van der Waals surface area contributed by atoms with E-state index in [1.165, 1.54) is 43.6 Å². The van der Waals surface area contributed by atoms with E-state index in [4.69, 9.17) is 0 Å². The van der Waals surface area contributed by atoms with E-state index >= 15 is 0 Å². The minimum absolute atomic E-state index is 0.625. The SMILES string of the molecule is CCN(CC)c1ccc([C@H](CC2CC2)N2CCNCC2)cc1. The number of rotatable bonds is 7. The molecule has 0 unspecified atom stereocenters. The first-order valence-corrected chi connectivity index (χ1v) is 9.11. The van der Waals surface area contributed by atoms with E-state index in [1.54, 1.807) is 0 Å². The molecule has 3 heteroatoms. The molecule has 22 heavy (non-hydrogen) atoms. The first kappa shape index (κ1) is 15.8. The van der Waals surface area contributed by atoms with Crippen LogP contribution in [0, 0.1) is 5.92 Å². The predicted octanol–water partition coefficient (Wildman–Crippen LogP) is 3.28. The zero-order valence-corrected chi connectivity index (χ0v) is 14.2. The van der Waals surface area contributed by atoms with Crippen molar-refractivity contribution >= 4 is 5.69 Å². The Morgan fingerprint density at radius 3 is 2.27 bits per heavy atom. The summed E-state index contributed by atoms with van der Waals surface area (Å²) in [6.07, 6.45) is 4.24. The van der Waals surface area contributed by atoms with Crippen molar-refractivity contribution in [2.24, 2.45) is 5.92 Å². The van der Waals surface area contributed by atoms with Crippen LogP contribution >= 0.6 is 0 Å². The summed E-state index contributed by atoms with van der Waals surface area (Å²) in [5.41, 5.74) is 2.88. The van der Waals surface area contributed by atoms with Gasteiger partial charge in [0.15, 0.2) is 0 Å². The van der Waals surface area contributed by atoms with E-state index < -0.39 is 0 Å². The summed E-state index contributed by atoms with van der Waals surface area (Å²) >= 11 is 0. The second-order valence-electron chi connectivity index (χ2n) is 6.74. The van der Waals surface area contributed by atoms with Crippen molar-refractivity contribution in [1.82, 2.24) is 10.2 Å². The average Bonchev–Trinajstić information content (AvgIpc) is 3.40. The Hall–Kier alpha value is -1.06. The van der Waals surface area contributed by atoms with Gasteiger partial charge >= 0.3 is 0 Å². The number of anilines is 1. The highest BCUT2D eigenvalue weighted by Gasteiger charge is 2.30. The van der Waals surface area contributed by atoms with E-state index in [-0.39, 0.29) is 0 Å². The van der Waals surface area contributed by atoms with Gasteiger partial charge in [-0.15, -0.1) is 0 Å². The van der Waals surface area contributed by atoms with Crippen molar-refractivity contribution in [1.29, 1.82) is 0 Å². The maximum absolute atomic E-state index is 3.48. The van der Waals surface area contributed by atoms with Crippen LogP contribution in [0.2, 0.25) is 0 Å². The summed E-state index contributed by atoms with van der Waals surface area (Å²) in [4.78, 5) is 5.12. The van der Waals surface area contributed by atoms with Gasteiger partial charge in [-0.2, -0.15) is 0 Å². The van der Waals surface area contributed by atoms with E-state index in [2.05, 4.69) is 53.2 Å². The molecule has 1 heterocycles. The molecule has 1 atom stereocenters. The van der Waals surface area contributed by atoms with E-state index in [0.717, 1.165) is 32.1 Å². The molecule has 1 aromatic rings. The van der Waals surface area contributed by atoms with Gasteiger partial charge in [0, 0.05) is 51.0 Å². The lowest BCUT2D eigenvalue weighted by Gasteiger charge is -2.35. The van der Waals surface area contributed by atoms with E-state index in [0.29, 0.717) is 6.04 Å². The van der Waals surface area contributed by atoms with Crippen LogP contribution in [0.5, 0.6) is 0 Å². The van der Waals surface area contributed by atoms with Gasteiger partial charge in [-0.25, -0.2) is 0 Å². The molecule has 1 N–H and O–H groups in total. The average molecular weight is 301 g/mol. The molecule has 122 valence electrons. The van der Waals surface area contributed by atoms with Crippen LogP contribution in [0.1, 0.15) is 44.7 Å². The number of benzene rings is 1. The molecule has 0 radical (unpaired) electrons. The highest BCUT2D eigenvalue weighted by molar-refractivity contribution is 5.47. The van der Waals surface area contributed by atoms with E-state index in [1.807, 2.05) is 0 Å². The lowest BCUT2D eigenvalue weighted by Crippen LogP contribution is -2.45. The molecule has 0 bridgehead atoms. The van der Waals surface area contributed by atoms with Crippen molar-refractivity contribution < 1.29 is 0 Å². The molecular weight excluding hydrogens is 270 g/mol. The van der Waals surface area contributed by atoms with Gasteiger partial charge in [0.25, 0.3) is 0 Å². The summed E-state index contributed by atoms with van der Waals surface area (Å²) in [5, 5.41) is 3.48. The molecule has 1 aromatic carbocycles. The molecule has 3 nitrogen and oxygen atoms in total. The molecule has 0 amide bonds. The Labute approximate surface area is 135 Å². The lowest BCUT2D eigenvalue weighted by molar-refractivity contribution is 0.160. The summed E-state index contributed by atoms with van der Waals surface area (Å²) < 4.78 is 0. The smallest absolute Gasteiger partial charge is 0.0366 e. The molecule has 3 rings (SSSR count). The maximum Gasteiger partial charge on any atom is 0.0366 e.